The van der Waals surface area contributed by atoms with Gasteiger partial charge in [-0.2, -0.15) is 0 Å². The predicted octanol–water partition coefficient (Wildman–Crippen LogP) is 1.26. The minimum absolute atomic E-state index is 0.0616. The zero-order valence-corrected chi connectivity index (χ0v) is 16.0. The molecule has 2 atom stereocenters. The standard InChI is InChI=1S/C19H27N3O3S/c1-25-16-5-2-14(3-6-16)4-7-18(23)21-12-15-10-17(20-11-15)19(24)22-8-9-26-13-22/h2-3,5-6,15,17,20H,4,7-13H2,1H3,(H,21,23)/t15-,17-/m0/s1. The number of benzene rings is 1. The predicted molar refractivity (Wildman–Crippen MR) is 103 cm³/mol. The minimum atomic E-state index is -0.0881. The third kappa shape index (κ3) is 5.14. The van der Waals surface area contributed by atoms with Crippen molar-refractivity contribution in [3.8, 4) is 5.75 Å². The van der Waals surface area contributed by atoms with Crippen LogP contribution in [0, 0.1) is 5.92 Å². The second kappa shape index (κ2) is 9.28. The Morgan fingerprint density at radius 1 is 1.35 bits per heavy atom. The highest BCUT2D eigenvalue weighted by Gasteiger charge is 2.33. The number of amides is 2. The first-order valence-electron chi connectivity index (χ1n) is 9.15. The average Bonchev–Trinajstić information content (AvgIpc) is 3.36. The topological polar surface area (TPSA) is 70.7 Å². The molecule has 1 aromatic rings. The van der Waals surface area contributed by atoms with E-state index in [1.54, 1.807) is 18.9 Å². The fraction of sp³-hybridized carbons (Fsp3) is 0.579. The van der Waals surface area contributed by atoms with E-state index in [-0.39, 0.29) is 17.9 Å². The van der Waals surface area contributed by atoms with Gasteiger partial charge in [-0.3, -0.25) is 9.59 Å². The number of carbonyl (C=O) groups excluding carboxylic acids is 2. The van der Waals surface area contributed by atoms with Gasteiger partial charge in [-0.15, -0.1) is 11.8 Å². The lowest BCUT2D eigenvalue weighted by Crippen LogP contribution is -2.42. The summed E-state index contributed by atoms with van der Waals surface area (Å²) >= 11 is 1.80. The summed E-state index contributed by atoms with van der Waals surface area (Å²) in [6.07, 6.45) is 1.99. The Morgan fingerprint density at radius 3 is 2.85 bits per heavy atom. The van der Waals surface area contributed by atoms with Gasteiger partial charge in [0.05, 0.1) is 19.0 Å². The van der Waals surface area contributed by atoms with Gasteiger partial charge >= 0.3 is 0 Å². The van der Waals surface area contributed by atoms with Crippen LogP contribution in [0.5, 0.6) is 5.75 Å². The Hall–Kier alpha value is -1.73. The Kier molecular flexibility index (Phi) is 6.80. The maximum atomic E-state index is 12.4. The molecule has 1 aromatic carbocycles. The van der Waals surface area contributed by atoms with Crippen LogP contribution in [0.4, 0.5) is 0 Å². The van der Waals surface area contributed by atoms with Gasteiger partial charge < -0.3 is 20.3 Å². The number of hydrogen-bond donors (Lipinski definition) is 2. The lowest BCUT2D eigenvalue weighted by molar-refractivity contribution is -0.131. The van der Waals surface area contributed by atoms with Crippen molar-refractivity contribution in [3.05, 3.63) is 29.8 Å². The molecule has 26 heavy (non-hydrogen) atoms. The number of methoxy groups -OCH3 is 1. The summed E-state index contributed by atoms with van der Waals surface area (Å²) < 4.78 is 5.13. The molecule has 6 nitrogen and oxygen atoms in total. The SMILES string of the molecule is COc1ccc(CCC(=O)NC[C@@H]2CN[C@H](C(=O)N3CCSC3)C2)cc1. The summed E-state index contributed by atoms with van der Waals surface area (Å²) in [6, 6.07) is 7.70. The van der Waals surface area contributed by atoms with Crippen molar-refractivity contribution < 1.29 is 14.3 Å². The van der Waals surface area contributed by atoms with Gasteiger partial charge in [0.15, 0.2) is 0 Å². The van der Waals surface area contributed by atoms with Gasteiger partial charge in [-0.1, -0.05) is 12.1 Å². The number of aryl methyl sites for hydroxylation is 1. The number of ether oxygens (including phenoxy) is 1. The molecule has 2 N–H and O–H groups in total. The van der Waals surface area contributed by atoms with Crippen molar-refractivity contribution >= 4 is 23.6 Å². The fourth-order valence-electron chi connectivity index (χ4n) is 3.36. The van der Waals surface area contributed by atoms with Crippen LogP contribution < -0.4 is 15.4 Å². The molecule has 2 saturated heterocycles. The average molecular weight is 378 g/mol. The molecule has 3 rings (SSSR count). The van der Waals surface area contributed by atoms with E-state index in [1.807, 2.05) is 29.2 Å². The third-order valence-electron chi connectivity index (χ3n) is 4.97. The minimum Gasteiger partial charge on any atom is -0.497 e. The molecule has 0 unspecified atom stereocenters. The molecule has 142 valence electrons. The summed E-state index contributed by atoms with van der Waals surface area (Å²) in [5.41, 5.74) is 1.12. The molecule has 2 aliphatic rings. The molecule has 0 aromatic heterocycles. The van der Waals surface area contributed by atoms with Crippen LogP contribution in [0.1, 0.15) is 18.4 Å². The highest BCUT2D eigenvalue weighted by molar-refractivity contribution is 7.99. The molecule has 2 aliphatic heterocycles. The zero-order valence-electron chi connectivity index (χ0n) is 15.2. The molecule has 2 heterocycles. The van der Waals surface area contributed by atoms with Crippen LogP contribution in [0.3, 0.4) is 0 Å². The highest BCUT2D eigenvalue weighted by atomic mass is 32.2. The third-order valence-corrected chi connectivity index (χ3v) is 5.94. The molecule has 0 aliphatic carbocycles. The quantitative estimate of drug-likeness (QED) is 0.749. The largest absolute Gasteiger partial charge is 0.497 e. The van der Waals surface area contributed by atoms with E-state index >= 15 is 0 Å². The number of nitrogens with one attached hydrogen (secondary N) is 2. The number of rotatable bonds is 7. The monoisotopic (exact) mass is 377 g/mol. The molecule has 0 radical (unpaired) electrons. The van der Waals surface area contributed by atoms with E-state index < -0.39 is 0 Å². The van der Waals surface area contributed by atoms with Crippen LogP contribution in [0.25, 0.3) is 0 Å². The van der Waals surface area contributed by atoms with Crippen LogP contribution in [0.15, 0.2) is 24.3 Å². The van der Waals surface area contributed by atoms with Crippen LogP contribution >= 0.6 is 11.8 Å². The summed E-state index contributed by atoms with van der Waals surface area (Å²) in [6.45, 7) is 2.28. The second-order valence-electron chi connectivity index (χ2n) is 6.85. The van der Waals surface area contributed by atoms with Gasteiger partial charge in [0.2, 0.25) is 11.8 Å². The fourth-order valence-corrected chi connectivity index (χ4v) is 4.31. The van der Waals surface area contributed by atoms with E-state index in [4.69, 9.17) is 4.74 Å². The molecule has 0 saturated carbocycles. The van der Waals surface area contributed by atoms with Gasteiger partial charge in [0, 0.05) is 31.8 Å². The first-order chi connectivity index (χ1) is 12.7. The van der Waals surface area contributed by atoms with E-state index in [9.17, 15) is 9.59 Å². The smallest absolute Gasteiger partial charge is 0.240 e. The van der Waals surface area contributed by atoms with Crippen molar-refractivity contribution in [3.63, 3.8) is 0 Å². The van der Waals surface area contributed by atoms with Gasteiger partial charge in [0.1, 0.15) is 5.75 Å². The Balaban J connectivity index is 1.34. The van der Waals surface area contributed by atoms with Gasteiger partial charge in [0.25, 0.3) is 0 Å². The molecule has 0 bridgehead atoms. The maximum absolute atomic E-state index is 12.4. The van der Waals surface area contributed by atoms with Crippen LogP contribution in [-0.2, 0) is 16.0 Å². The summed E-state index contributed by atoms with van der Waals surface area (Å²) in [5.74, 6) is 3.26. The summed E-state index contributed by atoms with van der Waals surface area (Å²) in [7, 11) is 1.64. The number of hydrogen-bond acceptors (Lipinski definition) is 5. The Bertz CT molecular complexity index is 617. The zero-order chi connectivity index (χ0) is 18.4. The second-order valence-corrected chi connectivity index (χ2v) is 7.93. The number of carbonyl (C=O) groups is 2. The molecule has 0 spiro atoms. The highest BCUT2D eigenvalue weighted by Crippen LogP contribution is 2.20. The first kappa shape index (κ1) is 19.0. The number of nitrogens with zero attached hydrogens (tertiary/aromatic N) is 1. The van der Waals surface area contributed by atoms with E-state index in [2.05, 4.69) is 10.6 Å². The van der Waals surface area contributed by atoms with E-state index in [0.29, 0.717) is 25.3 Å². The molecular weight excluding hydrogens is 350 g/mol. The van der Waals surface area contributed by atoms with Crippen molar-refractivity contribution in [1.29, 1.82) is 0 Å². The molecule has 2 amide bonds. The van der Waals surface area contributed by atoms with E-state index in [0.717, 1.165) is 42.5 Å². The van der Waals surface area contributed by atoms with Crippen molar-refractivity contribution in [2.45, 2.75) is 25.3 Å². The van der Waals surface area contributed by atoms with Crippen molar-refractivity contribution in [2.24, 2.45) is 5.92 Å². The summed E-state index contributed by atoms with van der Waals surface area (Å²) in [4.78, 5) is 26.4. The van der Waals surface area contributed by atoms with Crippen LogP contribution in [0.2, 0.25) is 0 Å². The van der Waals surface area contributed by atoms with Crippen molar-refractivity contribution in [1.82, 2.24) is 15.5 Å². The first-order valence-corrected chi connectivity index (χ1v) is 10.3. The molecule has 2 fully saturated rings. The summed E-state index contributed by atoms with van der Waals surface area (Å²) in [5, 5.41) is 6.33. The van der Waals surface area contributed by atoms with E-state index in [1.165, 1.54) is 0 Å². The normalized spacial score (nSPS) is 22.4. The van der Waals surface area contributed by atoms with Crippen LogP contribution in [-0.4, -0.2) is 61.1 Å². The molecular formula is C19H27N3O3S. The Labute approximate surface area is 159 Å². The lowest BCUT2D eigenvalue weighted by atomic mass is 10.0. The van der Waals surface area contributed by atoms with Gasteiger partial charge in [-0.25, -0.2) is 0 Å². The number of thioether (sulfide) groups is 1. The molecule has 7 heteroatoms. The van der Waals surface area contributed by atoms with Gasteiger partial charge in [-0.05, 0) is 36.5 Å². The Morgan fingerprint density at radius 2 is 2.15 bits per heavy atom. The van der Waals surface area contributed by atoms with Crippen molar-refractivity contribution in [2.75, 3.05) is 38.4 Å². The lowest BCUT2D eigenvalue weighted by Gasteiger charge is -2.19. The maximum Gasteiger partial charge on any atom is 0.240 e.